The van der Waals surface area contributed by atoms with Crippen LogP contribution >= 0.6 is 11.6 Å². The van der Waals surface area contributed by atoms with E-state index in [4.69, 9.17) is 11.6 Å². The van der Waals surface area contributed by atoms with Crippen molar-refractivity contribution in [1.29, 1.82) is 0 Å². The zero-order chi connectivity index (χ0) is 13.0. The number of piperidine rings is 1. The third-order valence-corrected chi connectivity index (χ3v) is 3.41. The standard InChI is InChI=1S/C15H18ClNO/c1-2-8-17-9-7-15(18)13(11-17)10-12-3-5-14(16)6-4-12/h3-6,10H,2,7-9,11H2,1H3/b13-10+. The molecule has 1 heterocycles. The number of nitrogens with zero attached hydrogens (tertiary/aromatic N) is 1. The van der Waals surface area contributed by atoms with Gasteiger partial charge in [0.15, 0.2) is 5.78 Å². The average molecular weight is 264 g/mol. The fourth-order valence-electron chi connectivity index (χ4n) is 2.22. The van der Waals surface area contributed by atoms with Crippen LogP contribution in [0.3, 0.4) is 0 Å². The number of likely N-dealkylation sites (tertiary alicyclic amines) is 1. The molecular formula is C15H18ClNO. The number of carbonyl (C=O) groups excluding carboxylic acids is 1. The summed E-state index contributed by atoms with van der Waals surface area (Å²) >= 11 is 5.85. The summed E-state index contributed by atoms with van der Waals surface area (Å²) in [5, 5.41) is 0.722. The van der Waals surface area contributed by atoms with Crippen molar-refractivity contribution in [3.05, 3.63) is 40.4 Å². The molecule has 1 saturated heterocycles. The van der Waals surface area contributed by atoms with E-state index in [1.807, 2.05) is 30.3 Å². The first-order chi connectivity index (χ1) is 8.69. The lowest BCUT2D eigenvalue weighted by molar-refractivity contribution is -0.117. The van der Waals surface area contributed by atoms with Crippen LogP contribution in [-0.2, 0) is 4.79 Å². The summed E-state index contributed by atoms with van der Waals surface area (Å²) in [6.45, 7) is 4.89. The van der Waals surface area contributed by atoms with Gasteiger partial charge in [0.05, 0.1) is 0 Å². The van der Waals surface area contributed by atoms with Crippen LogP contribution in [0.25, 0.3) is 6.08 Å². The molecule has 0 aromatic heterocycles. The quantitative estimate of drug-likeness (QED) is 0.779. The first-order valence-electron chi connectivity index (χ1n) is 6.40. The number of hydrogen-bond acceptors (Lipinski definition) is 2. The van der Waals surface area contributed by atoms with Crippen LogP contribution in [0.15, 0.2) is 29.8 Å². The van der Waals surface area contributed by atoms with E-state index in [0.29, 0.717) is 6.42 Å². The monoisotopic (exact) mass is 263 g/mol. The molecule has 0 amide bonds. The van der Waals surface area contributed by atoms with E-state index in [1.54, 1.807) is 0 Å². The van der Waals surface area contributed by atoms with Crippen molar-refractivity contribution in [3.8, 4) is 0 Å². The molecule has 0 N–H and O–H groups in total. The molecule has 1 fully saturated rings. The molecule has 0 spiro atoms. The summed E-state index contributed by atoms with van der Waals surface area (Å²) < 4.78 is 0. The number of hydrogen-bond donors (Lipinski definition) is 0. The Morgan fingerprint density at radius 2 is 2.06 bits per heavy atom. The Morgan fingerprint density at radius 1 is 1.33 bits per heavy atom. The first kappa shape index (κ1) is 13.3. The number of halogens is 1. The molecule has 2 rings (SSSR count). The van der Waals surface area contributed by atoms with Gasteiger partial charge in [0.25, 0.3) is 0 Å². The third kappa shape index (κ3) is 3.44. The molecule has 0 radical (unpaired) electrons. The van der Waals surface area contributed by atoms with Crippen LogP contribution in [0, 0.1) is 0 Å². The number of rotatable bonds is 3. The molecule has 2 nitrogen and oxygen atoms in total. The van der Waals surface area contributed by atoms with E-state index in [2.05, 4.69) is 11.8 Å². The summed E-state index contributed by atoms with van der Waals surface area (Å²) in [5.41, 5.74) is 1.96. The van der Waals surface area contributed by atoms with E-state index in [1.165, 1.54) is 0 Å². The summed E-state index contributed by atoms with van der Waals surface area (Å²) in [5.74, 6) is 0.275. The highest BCUT2D eigenvalue weighted by molar-refractivity contribution is 6.30. The highest BCUT2D eigenvalue weighted by atomic mass is 35.5. The summed E-state index contributed by atoms with van der Waals surface area (Å²) in [6, 6.07) is 7.60. The van der Waals surface area contributed by atoms with E-state index < -0.39 is 0 Å². The van der Waals surface area contributed by atoms with Crippen molar-refractivity contribution in [2.24, 2.45) is 0 Å². The Bertz CT molecular complexity index is 450. The molecule has 0 saturated carbocycles. The molecule has 1 aromatic rings. The lowest BCUT2D eigenvalue weighted by Gasteiger charge is -2.27. The zero-order valence-corrected chi connectivity index (χ0v) is 11.4. The highest BCUT2D eigenvalue weighted by Crippen LogP contribution is 2.17. The predicted octanol–water partition coefficient (Wildman–Crippen LogP) is 3.41. The Hall–Kier alpha value is -1.12. The minimum atomic E-state index is 0.275. The Morgan fingerprint density at radius 3 is 2.72 bits per heavy atom. The second kappa shape index (κ2) is 6.17. The lowest BCUT2D eigenvalue weighted by atomic mass is 10.0. The van der Waals surface area contributed by atoms with E-state index in [9.17, 15) is 4.79 Å². The van der Waals surface area contributed by atoms with Gasteiger partial charge in [-0.25, -0.2) is 0 Å². The fourth-order valence-corrected chi connectivity index (χ4v) is 2.35. The second-order valence-corrected chi connectivity index (χ2v) is 5.11. The van der Waals surface area contributed by atoms with Gasteiger partial charge in [-0.15, -0.1) is 0 Å². The normalized spacial score (nSPS) is 19.4. The smallest absolute Gasteiger partial charge is 0.161 e. The van der Waals surface area contributed by atoms with Gasteiger partial charge in [0.1, 0.15) is 0 Å². The van der Waals surface area contributed by atoms with Gasteiger partial charge in [-0.2, -0.15) is 0 Å². The zero-order valence-electron chi connectivity index (χ0n) is 10.7. The topological polar surface area (TPSA) is 20.3 Å². The minimum Gasteiger partial charge on any atom is -0.299 e. The van der Waals surface area contributed by atoms with Gasteiger partial charge in [0.2, 0.25) is 0 Å². The molecule has 0 unspecified atom stereocenters. The summed E-state index contributed by atoms with van der Waals surface area (Å²) in [7, 11) is 0. The second-order valence-electron chi connectivity index (χ2n) is 4.67. The SMILES string of the molecule is CCCN1CCC(=O)/C(=C/c2ccc(Cl)cc2)C1. The van der Waals surface area contributed by atoms with Crippen molar-refractivity contribution < 1.29 is 4.79 Å². The van der Waals surface area contributed by atoms with Crippen molar-refractivity contribution in [2.75, 3.05) is 19.6 Å². The lowest BCUT2D eigenvalue weighted by Crippen LogP contribution is -2.36. The van der Waals surface area contributed by atoms with Gasteiger partial charge in [-0.05, 0) is 36.7 Å². The van der Waals surface area contributed by atoms with Crippen molar-refractivity contribution in [1.82, 2.24) is 4.90 Å². The summed E-state index contributed by atoms with van der Waals surface area (Å²) in [4.78, 5) is 14.2. The Kier molecular flexibility index (Phi) is 4.56. The Balaban J connectivity index is 2.14. The van der Waals surface area contributed by atoms with Crippen molar-refractivity contribution >= 4 is 23.5 Å². The van der Waals surface area contributed by atoms with Crippen molar-refractivity contribution in [2.45, 2.75) is 19.8 Å². The van der Waals surface area contributed by atoms with Gasteiger partial charge >= 0.3 is 0 Å². The van der Waals surface area contributed by atoms with Gasteiger partial charge in [-0.1, -0.05) is 30.7 Å². The molecule has 3 heteroatoms. The molecule has 96 valence electrons. The highest BCUT2D eigenvalue weighted by Gasteiger charge is 2.20. The van der Waals surface area contributed by atoms with E-state index in [0.717, 1.165) is 42.2 Å². The van der Waals surface area contributed by atoms with E-state index in [-0.39, 0.29) is 5.78 Å². The number of ketones is 1. The Labute approximate surface area is 113 Å². The van der Waals surface area contributed by atoms with Crippen LogP contribution in [-0.4, -0.2) is 30.3 Å². The molecular weight excluding hydrogens is 246 g/mol. The number of Topliss-reactive ketones (excluding diaryl/α,β-unsaturated/α-hetero) is 1. The molecule has 1 aliphatic heterocycles. The van der Waals surface area contributed by atoms with Crippen LogP contribution in [0.5, 0.6) is 0 Å². The van der Waals surface area contributed by atoms with Crippen molar-refractivity contribution in [3.63, 3.8) is 0 Å². The number of carbonyl (C=O) groups is 1. The van der Waals surface area contributed by atoms with Crippen LogP contribution in [0.2, 0.25) is 5.02 Å². The largest absolute Gasteiger partial charge is 0.299 e. The maximum Gasteiger partial charge on any atom is 0.161 e. The van der Waals surface area contributed by atoms with Crippen LogP contribution in [0.1, 0.15) is 25.3 Å². The molecule has 1 aromatic carbocycles. The molecule has 0 aliphatic carbocycles. The van der Waals surface area contributed by atoms with Gasteiger partial charge < -0.3 is 0 Å². The fraction of sp³-hybridized carbons (Fsp3) is 0.400. The molecule has 18 heavy (non-hydrogen) atoms. The van der Waals surface area contributed by atoms with Gasteiger partial charge in [-0.3, -0.25) is 9.69 Å². The van der Waals surface area contributed by atoms with E-state index >= 15 is 0 Å². The van der Waals surface area contributed by atoms with Crippen LogP contribution in [0.4, 0.5) is 0 Å². The van der Waals surface area contributed by atoms with Gasteiger partial charge in [0, 0.05) is 30.1 Å². The molecule has 0 atom stereocenters. The maximum absolute atomic E-state index is 11.9. The number of benzene rings is 1. The molecule has 1 aliphatic rings. The third-order valence-electron chi connectivity index (χ3n) is 3.16. The molecule has 0 bridgehead atoms. The summed E-state index contributed by atoms with van der Waals surface area (Å²) in [6.07, 6.45) is 3.75. The predicted molar refractivity (Wildman–Crippen MR) is 75.8 cm³/mol. The average Bonchev–Trinajstić information content (AvgIpc) is 2.36. The maximum atomic E-state index is 11.9. The first-order valence-corrected chi connectivity index (χ1v) is 6.78. The minimum absolute atomic E-state index is 0.275. The van der Waals surface area contributed by atoms with Crippen LogP contribution < -0.4 is 0 Å².